The van der Waals surface area contributed by atoms with Crippen LogP contribution in [-0.4, -0.2) is 42.5 Å². The number of benzene rings is 1. The van der Waals surface area contributed by atoms with E-state index in [2.05, 4.69) is 30.6 Å². The van der Waals surface area contributed by atoms with Gasteiger partial charge >= 0.3 is 6.01 Å². The van der Waals surface area contributed by atoms with Crippen LogP contribution in [0.5, 0.6) is 6.01 Å². The molecule has 1 aromatic carbocycles. The van der Waals surface area contributed by atoms with Gasteiger partial charge in [-0.25, -0.2) is 9.97 Å². The number of aromatic nitrogens is 6. The first-order chi connectivity index (χ1) is 13.7. The molecule has 142 valence electrons. The van der Waals surface area contributed by atoms with Crippen molar-refractivity contribution in [3.05, 3.63) is 42.9 Å². The number of nitrogens with one attached hydrogen (secondary N) is 1. The highest BCUT2D eigenvalue weighted by molar-refractivity contribution is 7.22. The summed E-state index contributed by atoms with van der Waals surface area (Å²) in [5.74, 6) is -0.138. The van der Waals surface area contributed by atoms with Crippen LogP contribution in [0.25, 0.3) is 21.5 Å². The van der Waals surface area contributed by atoms with Gasteiger partial charge in [0.15, 0.2) is 5.13 Å². The van der Waals surface area contributed by atoms with Crippen LogP contribution in [-0.2, 0) is 11.3 Å². The zero-order valence-corrected chi connectivity index (χ0v) is 15.9. The van der Waals surface area contributed by atoms with Crippen LogP contribution in [0.1, 0.15) is 13.3 Å². The van der Waals surface area contributed by atoms with Crippen molar-refractivity contribution in [2.24, 2.45) is 0 Å². The van der Waals surface area contributed by atoms with E-state index in [4.69, 9.17) is 4.74 Å². The monoisotopic (exact) mass is 395 g/mol. The first-order valence-corrected chi connectivity index (χ1v) is 9.47. The molecule has 0 aliphatic rings. The number of ether oxygens (including phenoxy) is 1. The number of amides is 1. The summed E-state index contributed by atoms with van der Waals surface area (Å²) in [5.41, 5.74) is 2.52. The van der Waals surface area contributed by atoms with Gasteiger partial charge in [-0.3, -0.25) is 9.48 Å². The molecule has 0 spiro atoms. The number of thiazole rings is 1. The Kier molecular flexibility index (Phi) is 5.20. The lowest BCUT2D eigenvalue weighted by molar-refractivity contribution is -0.114. The van der Waals surface area contributed by atoms with Crippen molar-refractivity contribution in [2.75, 3.05) is 11.9 Å². The second kappa shape index (κ2) is 8.09. The van der Waals surface area contributed by atoms with Crippen LogP contribution in [0.4, 0.5) is 5.13 Å². The summed E-state index contributed by atoms with van der Waals surface area (Å²) in [5, 5.41) is 11.0. The Morgan fingerprint density at radius 2 is 2.18 bits per heavy atom. The summed E-state index contributed by atoms with van der Waals surface area (Å²) >= 11 is 1.42. The van der Waals surface area contributed by atoms with Crippen molar-refractivity contribution in [3.8, 4) is 17.3 Å². The first kappa shape index (κ1) is 18.0. The quantitative estimate of drug-likeness (QED) is 0.479. The van der Waals surface area contributed by atoms with Crippen molar-refractivity contribution in [3.63, 3.8) is 0 Å². The molecule has 10 heteroatoms. The Hall–Kier alpha value is -3.40. The zero-order chi connectivity index (χ0) is 19.3. The molecule has 0 radical (unpaired) electrons. The molecule has 28 heavy (non-hydrogen) atoms. The second-order valence-electron chi connectivity index (χ2n) is 5.98. The normalized spacial score (nSPS) is 10.9. The fourth-order valence-electron chi connectivity index (χ4n) is 2.60. The van der Waals surface area contributed by atoms with Crippen LogP contribution in [0.3, 0.4) is 0 Å². The van der Waals surface area contributed by atoms with Gasteiger partial charge in [-0.05, 0) is 18.2 Å². The van der Waals surface area contributed by atoms with Gasteiger partial charge in [0.25, 0.3) is 0 Å². The molecule has 0 saturated carbocycles. The fourth-order valence-corrected chi connectivity index (χ4v) is 3.55. The fraction of sp³-hybridized carbons (Fsp3) is 0.222. The number of nitrogens with zero attached hydrogens (tertiary/aromatic N) is 6. The highest BCUT2D eigenvalue weighted by Crippen LogP contribution is 2.30. The summed E-state index contributed by atoms with van der Waals surface area (Å²) in [4.78, 5) is 24.3. The zero-order valence-electron chi connectivity index (χ0n) is 15.1. The lowest BCUT2D eigenvalue weighted by atomic mass is 10.1. The molecular formula is C18H17N7O2S. The number of carbonyl (C=O) groups is 1. The van der Waals surface area contributed by atoms with Crippen molar-refractivity contribution in [1.82, 2.24) is 29.9 Å². The number of aryl methyl sites for hydroxylation is 1. The molecule has 0 saturated heterocycles. The van der Waals surface area contributed by atoms with E-state index < -0.39 is 0 Å². The standard InChI is InChI=1S/C18H17N7O2S/c1-12(26)21-18-23-15-4-3-13(11-16(15)28-18)14-5-6-19-17(22-14)27-10-2-8-25-9-7-20-24-25/h3-7,9,11H,2,8,10H2,1H3,(H,21,23,26). The van der Waals surface area contributed by atoms with Gasteiger partial charge in [0.2, 0.25) is 5.91 Å². The SMILES string of the molecule is CC(=O)Nc1nc2ccc(-c3ccnc(OCCCn4ccnn4)n3)cc2s1. The molecular weight excluding hydrogens is 378 g/mol. The van der Waals surface area contributed by atoms with E-state index in [1.54, 1.807) is 17.1 Å². The molecule has 1 N–H and O–H groups in total. The third kappa shape index (κ3) is 4.29. The molecule has 9 nitrogen and oxygen atoms in total. The number of hydrogen-bond acceptors (Lipinski definition) is 8. The predicted octanol–water partition coefficient (Wildman–Crippen LogP) is 2.77. The van der Waals surface area contributed by atoms with Crippen molar-refractivity contribution >= 4 is 32.6 Å². The number of hydrogen-bond donors (Lipinski definition) is 1. The van der Waals surface area contributed by atoms with E-state index in [-0.39, 0.29) is 5.91 Å². The van der Waals surface area contributed by atoms with Gasteiger partial charge in [0, 0.05) is 37.8 Å². The van der Waals surface area contributed by atoms with Crippen LogP contribution in [0, 0.1) is 0 Å². The van der Waals surface area contributed by atoms with Crippen LogP contribution >= 0.6 is 11.3 Å². The van der Waals surface area contributed by atoms with Crippen molar-refractivity contribution in [1.29, 1.82) is 0 Å². The number of anilines is 1. The Morgan fingerprint density at radius 3 is 3.00 bits per heavy atom. The Balaban J connectivity index is 1.44. The highest BCUT2D eigenvalue weighted by atomic mass is 32.1. The lowest BCUT2D eigenvalue weighted by Crippen LogP contribution is -2.06. The topological polar surface area (TPSA) is 108 Å². The van der Waals surface area contributed by atoms with E-state index in [0.29, 0.717) is 17.7 Å². The van der Waals surface area contributed by atoms with Gasteiger partial charge < -0.3 is 10.1 Å². The van der Waals surface area contributed by atoms with Crippen LogP contribution in [0.2, 0.25) is 0 Å². The summed E-state index contributed by atoms with van der Waals surface area (Å²) in [7, 11) is 0. The van der Waals surface area contributed by atoms with E-state index in [1.807, 2.05) is 30.5 Å². The highest BCUT2D eigenvalue weighted by Gasteiger charge is 2.09. The molecule has 0 aliphatic heterocycles. The van der Waals surface area contributed by atoms with Crippen molar-refractivity contribution < 1.29 is 9.53 Å². The molecule has 3 aromatic heterocycles. The van der Waals surface area contributed by atoms with Crippen molar-refractivity contribution in [2.45, 2.75) is 19.9 Å². The minimum Gasteiger partial charge on any atom is -0.463 e. The average Bonchev–Trinajstić information content (AvgIpc) is 3.33. The summed E-state index contributed by atoms with van der Waals surface area (Å²) in [6.07, 6.45) is 5.90. The Bertz CT molecular complexity index is 1090. The van der Waals surface area contributed by atoms with Crippen LogP contribution < -0.4 is 10.1 Å². The maximum Gasteiger partial charge on any atom is 0.316 e. The molecule has 1 amide bonds. The largest absolute Gasteiger partial charge is 0.463 e. The smallest absolute Gasteiger partial charge is 0.316 e. The Labute approximate surface area is 164 Å². The predicted molar refractivity (Wildman–Crippen MR) is 105 cm³/mol. The molecule has 3 heterocycles. The minimum atomic E-state index is -0.138. The maximum absolute atomic E-state index is 11.2. The third-order valence-corrected chi connectivity index (χ3v) is 4.77. The van der Waals surface area contributed by atoms with Gasteiger partial charge in [0.1, 0.15) is 0 Å². The van der Waals surface area contributed by atoms with E-state index >= 15 is 0 Å². The average molecular weight is 395 g/mol. The lowest BCUT2D eigenvalue weighted by Gasteiger charge is -2.06. The second-order valence-corrected chi connectivity index (χ2v) is 7.01. The Morgan fingerprint density at radius 1 is 1.25 bits per heavy atom. The van der Waals surface area contributed by atoms with E-state index in [0.717, 1.165) is 34.4 Å². The maximum atomic E-state index is 11.2. The molecule has 0 bridgehead atoms. The third-order valence-electron chi connectivity index (χ3n) is 3.84. The van der Waals surface area contributed by atoms with Gasteiger partial charge in [-0.15, -0.1) is 5.10 Å². The van der Waals surface area contributed by atoms with Gasteiger partial charge in [-0.2, -0.15) is 4.98 Å². The van der Waals surface area contributed by atoms with E-state index in [9.17, 15) is 4.79 Å². The van der Waals surface area contributed by atoms with Gasteiger partial charge in [-0.1, -0.05) is 22.6 Å². The first-order valence-electron chi connectivity index (χ1n) is 8.66. The summed E-state index contributed by atoms with van der Waals surface area (Å²) in [6, 6.07) is 8.01. The minimum absolute atomic E-state index is 0.138. The molecule has 0 unspecified atom stereocenters. The summed E-state index contributed by atoms with van der Waals surface area (Å²) in [6.45, 7) is 2.67. The number of rotatable bonds is 7. The molecule has 0 aliphatic carbocycles. The summed E-state index contributed by atoms with van der Waals surface area (Å²) < 4.78 is 8.38. The molecule has 0 atom stereocenters. The van der Waals surface area contributed by atoms with Crippen LogP contribution in [0.15, 0.2) is 42.9 Å². The molecule has 4 aromatic rings. The number of fused-ring (bicyclic) bond motifs is 1. The molecule has 0 fully saturated rings. The van der Waals surface area contributed by atoms with E-state index in [1.165, 1.54) is 18.3 Å². The molecule has 4 rings (SSSR count). The number of carbonyl (C=O) groups excluding carboxylic acids is 1. The van der Waals surface area contributed by atoms with Gasteiger partial charge in [0.05, 0.1) is 28.7 Å².